The Hall–Kier alpha value is -0.480. The molecule has 8 heavy (non-hydrogen) atoms. The molecular formula is C4H10N2O2. The summed E-state index contributed by atoms with van der Waals surface area (Å²) >= 11 is 0. The van der Waals surface area contributed by atoms with Crippen molar-refractivity contribution < 1.29 is 10.1 Å². The molecule has 0 spiro atoms. The van der Waals surface area contributed by atoms with E-state index in [0.29, 0.717) is 0 Å². The molecule has 0 radical (unpaired) electrons. The third-order valence-electron chi connectivity index (χ3n) is 0.564. The molecule has 4 nitrogen and oxygen atoms in total. The van der Waals surface area contributed by atoms with Crippen LogP contribution in [0.25, 0.3) is 0 Å². The lowest BCUT2D eigenvalue weighted by Gasteiger charge is -2.10. The van der Waals surface area contributed by atoms with Crippen molar-refractivity contribution in [2.45, 2.75) is 19.6 Å². The molecule has 0 aliphatic heterocycles. The molecule has 0 heterocycles. The maximum atomic E-state index is 8.07. The topological polar surface area (TPSA) is 54.2 Å². The average molecular weight is 118 g/mol. The van der Waals surface area contributed by atoms with Gasteiger partial charge in [0, 0.05) is 7.05 Å². The second kappa shape index (κ2) is 2.74. The van der Waals surface area contributed by atoms with E-state index < -0.39 is 5.72 Å². The zero-order chi connectivity index (χ0) is 6.62. The zero-order valence-electron chi connectivity index (χ0n) is 5.25. The Kier molecular flexibility index (Phi) is 2.57. The third-order valence-corrected chi connectivity index (χ3v) is 0.564. The van der Waals surface area contributed by atoms with Gasteiger partial charge in [-0.2, -0.15) is 10.2 Å². The van der Waals surface area contributed by atoms with Gasteiger partial charge >= 0.3 is 0 Å². The summed E-state index contributed by atoms with van der Waals surface area (Å²) in [4.78, 5) is 3.92. The quantitative estimate of drug-likeness (QED) is 0.337. The Labute approximate surface area is 48.1 Å². The van der Waals surface area contributed by atoms with Gasteiger partial charge in [-0.15, -0.1) is 0 Å². The normalized spacial score (nSPS) is 13.0. The van der Waals surface area contributed by atoms with Gasteiger partial charge in [-0.05, 0) is 13.8 Å². The standard InChI is InChI=1S/C4H10N2O2/c1-4(2,8-7)6-5-3/h7H,1-3H3. The summed E-state index contributed by atoms with van der Waals surface area (Å²) in [5, 5.41) is 15.0. The van der Waals surface area contributed by atoms with Crippen LogP contribution < -0.4 is 0 Å². The van der Waals surface area contributed by atoms with Crippen LogP contribution >= 0.6 is 0 Å². The van der Waals surface area contributed by atoms with Crippen LogP contribution in [0.1, 0.15) is 13.8 Å². The van der Waals surface area contributed by atoms with Crippen LogP contribution in [-0.2, 0) is 4.89 Å². The molecular weight excluding hydrogens is 108 g/mol. The highest BCUT2D eigenvalue weighted by Gasteiger charge is 2.15. The van der Waals surface area contributed by atoms with E-state index in [9.17, 15) is 0 Å². The highest BCUT2D eigenvalue weighted by Crippen LogP contribution is 2.07. The summed E-state index contributed by atoms with van der Waals surface area (Å²) in [6.07, 6.45) is 0. The Morgan fingerprint density at radius 2 is 2.00 bits per heavy atom. The molecule has 0 aliphatic rings. The minimum atomic E-state index is -0.894. The molecule has 0 atom stereocenters. The van der Waals surface area contributed by atoms with Crippen LogP contribution in [0.3, 0.4) is 0 Å². The van der Waals surface area contributed by atoms with E-state index in [0.717, 1.165) is 0 Å². The maximum absolute atomic E-state index is 8.07. The molecule has 0 aromatic heterocycles. The van der Waals surface area contributed by atoms with E-state index in [-0.39, 0.29) is 0 Å². The van der Waals surface area contributed by atoms with Crippen LogP contribution in [0.2, 0.25) is 0 Å². The van der Waals surface area contributed by atoms with Crippen molar-refractivity contribution in [1.29, 1.82) is 0 Å². The lowest BCUT2D eigenvalue weighted by atomic mass is 10.3. The van der Waals surface area contributed by atoms with Crippen molar-refractivity contribution in [2.75, 3.05) is 7.05 Å². The molecule has 0 bridgehead atoms. The average Bonchev–Trinajstić information content (AvgIpc) is 1.67. The monoisotopic (exact) mass is 118 g/mol. The van der Waals surface area contributed by atoms with Gasteiger partial charge < -0.3 is 0 Å². The summed E-state index contributed by atoms with van der Waals surface area (Å²) in [6, 6.07) is 0. The van der Waals surface area contributed by atoms with Gasteiger partial charge in [0.2, 0.25) is 5.72 Å². The minimum Gasteiger partial charge on any atom is -0.249 e. The molecule has 0 unspecified atom stereocenters. The van der Waals surface area contributed by atoms with E-state index in [4.69, 9.17) is 5.26 Å². The van der Waals surface area contributed by atoms with Gasteiger partial charge in [0.15, 0.2) is 0 Å². The maximum Gasteiger partial charge on any atom is 0.206 e. The number of hydrogen-bond donors (Lipinski definition) is 1. The molecule has 0 aliphatic carbocycles. The molecule has 48 valence electrons. The van der Waals surface area contributed by atoms with E-state index in [1.165, 1.54) is 7.05 Å². The SMILES string of the molecule is CN=NC(C)(C)OO. The fourth-order valence-corrected chi connectivity index (χ4v) is 0.259. The minimum absolute atomic E-state index is 0.894. The number of nitrogens with zero attached hydrogens (tertiary/aromatic N) is 2. The fraction of sp³-hybridized carbons (Fsp3) is 1.00. The first-order chi connectivity index (χ1) is 3.62. The van der Waals surface area contributed by atoms with Gasteiger partial charge in [-0.25, -0.2) is 10.1 Å². The van der Waals surface area contributed by atoms with Gasteiger partial charge in [-0.3, -0.25) is 0 Å². The van der Waals surface area contributed by atoms with Gasteiger partial charge in [0.05, 0.1) is 0 Å². The van der Waals surface area contributed by atoms with Gasteiger partial charge in [0.1, 0.15) is 0 Å². The lowest BCUT2D eigenvalue weighted by molar-refractivity contribution is -0.311. The van der Waals surface area contributed by atoms with Crippen molar-refractivity contribution in [2.24, 2.45) is 10.2 Å². The predicted molar refractivity (Wildman–Crippen MR) is 28.6 cm³/mol. The van der Waals surface area contributed by atoms with Crippen molar-refractivity contribution in [3.05, 3.63) is 0 Å². The molecule has 0 aromatic rings. The first-order valence-electron chi connectivity index (χ1n) is 2.26. The summed E-state index contributed by atoms with van der Waals surface area (Å²) in [7, 11) is 1.51. The molecule has 0 saturated heterocycles. The summed E-state index contributed by atoms with van der Waals surface area (Å²) in [6.45, 7) is 3.19. The van der Waals surface area contributed by atoms with Crippen LogP contribution in [0, 0.1) is 0 Å². The van der Waals surface area contributed by atoms with Crippen molar-refractivity contribution in [3.63, 3.8) is 0 Å². The molecule has 0 aromatic carbocycles. The Balaban J connectivity index is 3.71. The van der Waals surface area contributed by atoms with Crippen molar-refractivity contribution in [1.82, 2.24) is 0 Å². The fourth-order valence-electron chi connectivity index (χ4n) is 0.259. The first-order valence-corrected chi connectivity index (χ1v) is 2.26. The molecule has 0 fully saturated rings. The molecule has 4 heteroatoms. The number of hydrogen-bond acceptors (Lipinski definition) is 4. The molecule has 0 saturated carbocycles. The van der Waals surface area contributed by atoms with E-state index in [1.807, 2.05) is 0 Å². The predicted octanol–water partition coefficient (Wildman–Crippen LogP) is 1.29. The van der Waals surface area contributed by atoms with E-state index in [1.54, 1.807) is 13.8 Å². The smallest absolute Gasteiger partial charge is 0.206 e. The highest BCUT2D eigenvalue weighted by molar-refractivity contribution is 4.57. The zero-order valence-corrected chi connectivity index (χ0v) is 5.25. The molecule has 0 rings (SSSR count). The first kappa shape index (κ1) is 7.52. The Morgan fingerprint density at radius 1 is 1.50 bits per heavy atom. The van der Waals surface area contributed by atoms with Gasteiger partial charge in [-0.1, -0.05) is 0 Å². The summed E-state index contributed by atoms with van der Waals surface area (Å²) in [5.41, 5.74) is -0.894. The molecule has 1 N–H and O–H groups in total. The van der Waals surface area contributed by atoms with Crippen LogP contribution in [0.5, 0.6) is 0 Å². The number of azo groups is 1. The number of rotatable bonds is 2. The highest BCUT2D eigenvalue weighted by atomic mass is 17.1. The Bertz CT molecular complexity index is 90.0. The van der Waals surface area contributed by atoms with E-state index >= 15 is 0 Å². The van der Waals surface area contributed by atoms with Crippen LogP contribution in [0.4, 0.5) is 0 Å². The third kappa shape index (κ3) is 2.65. The molecule has 0 amide bonds. The van der Waals surface area contributed by atoms with Gasteiger partial charge in [0.25, 0.3) is 0 Å². The second-order valence-corrected chi connectivity index (χ2v) is 1.84. The van der Waals surface area contributed by atoms with Crippen molar-refractivity contribution in [3.8, 4) is 0 Å². The van der Waals surface area contributed by atoms with Crippen molar-refractivity contribution >= 4 is 0 Å². The van der Waals surface area contributed by atoms with E-state index in [2.05, 4.69) is 15.1 Å². The van der Waals surface area contributed by atoms with Crippen LogP contribution in [0.15, 0.2) is 10.2 Å². The largest absolute Gasteiger partial charge is 0.249 e. The van der Waals surface area contributed by atoms with Crippen LogP contribution in [-0.4, -0.2) is 18.0 Å². The summed E-state index contributed by atoms with van der Waals surface area (Å²) < 4.78 is 0. The Morgan fingerprint density at radius 3 is 2.12 bits per heavy atom. The summed E-state index contributed by atoms with van der Waals surface area (Å²) in [5.74, 6) is 0. The lowest BCUT2D eigenvalue weighted by Crippen LogP contribution is -2.18. The second-order valence-electron chi connectivity index (χ2n) is 1.84.